The topological polar surface area (TPSA) is 92.4 Å². The van der Waals surface area contributed by atoms with Crippen LogP contribution >= 0.6 is 15.9 Å². The monoisotopic (exact) mass is 354 g/mol. The van der Waals surface area contributed by atoms with Crippen molar-refractivity contribution in [3.8, 4) is 0 Å². The molecule has 1 aromatic carbocycles. The van der Waals surface area contributed by atoms with E-state index in [0.717, 1.165) is 12.8 Å². The molecule has 0 saturated heterocycles. The van der Waals surface area contributed by atoms with Gasteiger partial charge in [-0.3, -0.25) is 4.79 Å². The minimum Gasteiger partial charge on any atom is -0.480 e. The van der Waals surface area contributed by atoms with Crippen molar-refractivity contribution in [1.82, 2.24) is 0 Å². The number of nitrogens with one attached hydrogen (secondary N) is 1. The van der Waals surface area contributed by atoms with E-state index in [2.05, 4.69) is 28.2 Å². The lowest BCUT2D eigenvalue weighted by atomic mass is 9.77. The molecule has 6 heteroatoms. The van der Waals surface area contributed by atoms with E-state index in [0.29, 0.717) is 34.5 Å². The van der Waals surface area contributed by atoms with E-state index < -0.39 is 17.4 Å². The van der Waals surface area contributed by atoms with Crippen molar-refractivity contribution < 1.29 is 14.7 Å². The first-order chi connectivity index (χ1) is 9.84. The smallest absolute Gasteiger partial charge is 0.329 e. The molecule has 0 radical (unpaired) electrons. The van der Waals surface area contributed by atoms with Crippen molar-refractivity contribution in [2.45, 2.75) is 38.1 Å². The minimum absolute atomic E-state index is 0.377. The molecular formula is C15H19BrN2O3. The van der Waals surface area contributed by atoms with Gasteiger partial charge in [0.1, 0.15) is 5.54 Å². The maximum Gasteiger partial charge on any atom is 0.329 e. The maximum atomic E-state index is 11.7. The molecule has 0 spiro atoms. The van der Waals surface area contributed by atoms with Crippen LogP contribution in [0.3, 0.4) is 0 Å². The fourth-order valence-corrected chi connectivity index (χ4v) is 3.29. The first-order valence-electron chi connectivity index (χ1n) is 6.95. The Balaban J connectivity index is 2.24. The average Bonchev–Trinajstić information content (AvgIpc) is 2.41. The van der Waals surface area contributed by atoms with Gasteiger partial charge < -0.3 is 16.2 Å². The summed E-state index contributed by atoms with van der Waals surface area (Å²) in [6.45, 7) is 2.14. The molecule has 1 saturated carbocycles. The Bertz CT molecular complexity index is 566. The third kappa shape index (κ3) is 3.37. The maximum absolute atomic E-state index is 11.7. The quantitative estimate of drug-likeness (QED) is 0.774. The van der Waals surface area contributed by atoms with E-state index in [1.165, 1.54) is 0 Å². The zero-order valence-electron chi connectivity index (χ0n) is 11.9. The Labute approximate surface area is 132 Å². The molecule has 1 fully saturated rings. The fraction of sp³-hybridized carbons (Fsp3) is 0.467. The number of rotatable bonds is 4. The molecule has 0 bridgehead atoms. The van der Waals surface area contributed by atoms with Gasteiger partial charge in [-0.05, 0) is 65.7 Å². The predicted molar refractivity (Wildman–Crippen MR) is 84.3 cm³/mol. The number of carbonyl (C=O) groups is 2. The number of nitrogens with two attached hydrogens (primary N) is 1. The summed E-state index contributed by atoms with van der Waals surface area (Å²) in [6.07, 6.45) is 2.97. The molecule has 114 valence electrons. The molecular weight excluding hydrogens is 336 g/mol. The highest BCUT2D eigenvalue weighted by atomic mass is 79.9. The molecule has 1 aliphatic rings. The normalized spacial score (nSPS) is 25.3. The van der Waals surface area contributed by atoms with Gasteiger partial charge in [-0.25, -0.2) is 4.79 Å². The van der Waals surface area contributed by atoms with Crippen LogP contribution in [0.15, 0.2) is 22.7 Å². The Morgan fingerprint density at radius 3 is 2.48 bits per heavy atom. The summed E-state index contributed by atoms with van der Waals surface area (Å²) >= 11 is 3.29. The zero-order valence-corrected chi connectivity index (χ0v) is 13.4. The molecule has 0 aliphatic heterocycles. The summed E-state index contributed by atoms with van der Waals surface area (Å²) in [5.41, 5.74) is 5.37. The molecule has 0 aromatic heterocycles. The number of primary amides is 1. The third-order valence-electron chi connectivity index (χ3n) is 4.16. The van der Waals surface area contributed by atoms with Gasteiger partial charge in [-0.2, -0.15) is 0 Å². The van der Waals surface area contributed by atoms with Crippen LogP contribution in [0, 0.1) is 5.92 Å². The SMILES string of the molecule is CC1CCC(Nc2ccc(C(N)=O)c(Br)c2)(C(=O)O)CC1. The largest absolute Gasteiger partial charge is 0.480 e. The van der Waals surface area contributed by atoms with Gasteiger partial charge in [0.15, 0.2) is 0 Å². The number of anilines is 1. The van der Waals surface area contributed by atoms with Crippen LogP contribution < -0.4 is 11.1 Å². The number of halogens is 1. The van der Waals surface area contributed by atoms with E-state index in [-0.39, 0.29) is 0 Å². The van der Waals surface area contributed by atoms with Gasteiger partial charge in [0, 0.05) is 10.2 Å². The van der Waals surface area contributed by atoms with Gasteiger partial charge in [0.25, 0.3) is 0 Å². The molecule has 21 heavy (non-hydrogen) atoms. The summed E-state index contributed by atoms with van der Waals surface area (Å²) in [5, 5.41) is 12.7. The van der Waals surface area contributed by atoms with Crippen LogP contribution in [0.25, 0.3) is 0 Å². The lowest BCUT2D eigenvalue weighted by Crippen LogP contribution is -2.48. The average molecular weight is 355 g/mol. The number of amides is 1. The number of aliphatic carboxylic acids is 1. The van der Waals surface area contributed by atoms with Crippen molar-refractivity contribution in [2.24, 2.45) is 11.7 Å². The number of hydrogen-bond donors (Lipinski definition) is 3. The Morgan fingerprint density at radius 1 is 1.38 bits per heavy atom. The highest BCUT2D eigenvalue weighted by Gasteiger charge is 2.41. The standard InChI is InChI=1S/C15H19BrN2O3/c1-9-4-6-15(7-5-9,14(20)21)18-10-2-3-11(13(17)19)12(16)8-10/h2-3,8-9,18H,4-7H2,1H3,(H2,17,19)(H,20,21). The van der Waals surface area contributed by atoms with Crippen molar-refractivity contribution >= 4 is 33.5 Å². The van der Waals surface area contributed by atoms with E-state index in [1.54, 1.807) is 18.2 Å². The second-order valence-corrected chi connectivity index (χ2v) is 6.61. The molecule has 0 heterocycles. The Hall–Kier alpha value is -1.56. The second kappa shape index (κ2) is 6.05. The van der Waals surface area contributed by atoms with Crippen LogP contribution in [0.5, 0.6) is 0 Å². The van der Waals surface area contributed by atoms with Crippen LogP contribution in [0.4, 0.5) is 5.69 Å². The molecule has 1 aliphatic carbocycles. The number of benzene rings is 1. The van der Waals surface area contributed by atoms with E-state index in [9.17, 15) is 14.7 Å². The van der Waals surface area contributed by atoms with Gasteiger partial charge in [0.05, 0.1) is 5.56 Å². The zero-order chi connectivity index (χ0) is 15.6. The summed E-state index contributed by atoms with van der Waals surface area (Å²) in [4.78, 5) is 22.9. The third-order valence-corrected chi connectivity index (χ3v) is 4.81. The molecule has 0 unspecified atom stereocenters. The van der Waals surface area contributed by atoms with Crippen molar-refractivity contribution in [1.29, 1.82) is 0 Å². The Morgan fingerprint density at radius 2 is 2.00 bits per heavy atom. The van der Waals surface area contributed by atoms with E-state index >= 15 is 0 Å². The molecule has 1 aromatic rings. The molecule has 0 atom stereocenters. The van der Waals surface area contributed by atoms with Crippen LogP contribution in [0.1, 0.15) is 43.0 Å². The number of carboxylic acid groups (broad SMARTS) is 1. The molecule has 4 N–H and O–H groups in total. The summed E-state index contributed by atoms with van der Waals surface area (Å²) in [7, 11) is 0. The fourth-order valence-electron chi connectivity index (χ4n) is 2.72. The summed E-state index contributed by atoms with van der Waals surface area (Å²) in [5.74, 6) is -0.791. The second-order valence-electron chi connectivity index (χ2n) is 5.75. The van der Waals surface area contributed by atoms with Gasteiger partial charge in [-0.15, -0.1) is 0 Å². The lowest BCUT2D eigenvalue weighted by molar-refractivity contribution is -0.143. The summed E-state index contributed by atoms with van der Waals surface area (Å²) in [6, 6.07) is 4.98. The minimum atomic E-state index is -0.930. The van der Waals surface area contributed by atoms with E-state index in [4.69, 9.17) is 5.73 Å². The first-order valence-corrected chi connectivity index (χ1v) is 7.74. The first kappa shape index (κ1) is 15.8. The number of hydrogen-bond acceptors (Lipinski definition) is 3. The van der Waals surface area contributed by atoms with Crippen LogP contribution in [-0.4, -0.2) is 22.5 Å². The van der Waals surface area contributed by atoms with Crippen LogP contribution in [-0.2, 0) is 4.79 Å². The van der Waals surface area contributed by atoms with Crippen molar-refractivity contribution in [2.75, 3.05) is 5.32 Å². The predicted octanol–water partition coefficient (Wildman–Crippen LogP) is 2.99. The molecule has 5 nitrogen and oxygen atoms in total. The number of carbonyl (C=O) groups excluding carboxylic acids is 1. The highest BCUT2D eigenvalue weighted by molar-refractivity contribution is 9.10. The summed E-state index contributed by atoms with van der Waals surface area (Å²) < 4.78 is 0.560. The Kier molecular flexibility index (Phi) is 4.56. The van der Waals surface area contributed by atoms with E-state index in [1.807, 2.05) is 0 Å². The lowest BCUT2D eigenvalue weighted by Gasteiger charge is -2.37. The highest BCUT2D eigenvalue weighted by Crippen LogP contribution is 2.35. The molecule has 1 amide bonds. The van der Waals surface area contributed by atoms with Gasteiger partial charge >= 0.3 is 5.97 Å². The van der Waals surface area contributed by atoms with Crippen LogP contribution in [0.2, 0.25) is 0 Å². The number of carboxylic acids is 1. The van der Waals surface area contributed by atoms with Gasteiger partial charge in [-0.1, -0.05) is 6.92 Å². The van der Waals surface area contributed by atoms with Crippen molar-refractivity contribution in [3.63, 3.8) is 0 Å². The van der Waals surface area contributed by atoms with Gasteiger partial charge in [0.2, 0.25) is 5.91 Å². The molecule has 2 rings (SSSR count). The van der Waals surface area contributed by atoms with Crippen molar-refractivity contribution in [3.05, 3.63) is 28.2 Å².